The fraction of sp³-hybridized carbons (Fsp3) is 0.174. The van der Waals surface area contributed by atoms with Crippen LogP contribution in [0.1, 0.15) is 33.9 Å². The minimum atomic E-state index is -4.40. The Morgan fingerprint density at radius 2 is 1.62 bits per heavy atom. The van der Waals surface area contributed by atoms with E-state index in [-0.39, 0.29) is 16.8 Å². The van der Waals surface area contributed by atoms with Crippen LogP contribution in [-0.4, -0.2) is 5.11 Å². The zero-order chi connectivity index (χ0) is 21.0. The van der Waals surface area contributed by atoms with E-state index in [9.17, 15) is 13.2 Å². The smallest absolute Gasteiger partial charge is 0.352 e. The van der Waals surface area contributed by atoms with Crippen molar-refractivity contribution in [2.45, 2.75) is 26.1 Å². The first-order valence-electron chi connectivity index (χ1n) is 9.11. The second-order valence-electron chi connectivity index (χ2n) is 6.88. The topological polar surface area (TPSA) is 24.1 Å². The Bertz CT molecular complexity index is 1000. The van der Waals surface area contributed by atoms with Gasteiger partial charge in [-0.3, -0.25) is 0 Å². The molecule has 0 saturated heterocycles. The molecule has 1 atom stereocenters. The summed E-state index contributed by atoms with van der Waals surface area (Å²) in [5.41, 5.74) is 3.88. The Morgan fingerprint density at radius 3 is 2.28 bits per heavy atom. The molecule has 6 heteroatoms. The number of anilines is 1. The Hall–Kier alpha value is -2.86. The van der Waals surface area contributed by atoms with Gasteiger partial charge in [0.2, 0.25) is 0 Å². The first kappa shape index (κ1) is 20.9. The van der Waals surface area contributed by atoms with Crippen molar-refractivity contribution in [3.63, 3.8) is 0 Å². The number of halogens is 3. The molecule has 0 amide bonds. The van der Waals surface area contributed by atoms with E-state index in [1.807, 2.05) is 56.3 Å². The van der Waals surface area contributed by atoms with E-state index < -0.39 is 11.7 Å². The van der Waals surface area contributed by atoms with E-state index >= 15 is 0 Å². The van der Waals surface area contributed by atoms with Crippen LogP contribution in [0, 0.1) is 13.8 Å². The van der Waals surface area contributed by atoms with E-state index in [0.29, 0.717) is 0 Å². The van der Waals surface area contributed by atoms with Crippen LogP contribution in [0.5, 0.6) is 0 Å². The second kappa shape index (κ2) is 8.66. The summed E-state index contributed by atoms with van der Waals surface area (Å²) in [4.78, 5) is 0. The van der Waals surface area contributed by atoms with Crippen LogP contribution in [0.25, 0.3) is 0 Å². The highest BCUT2D eigenvalue weighted by Gasteiger charge is 2.30. The maximum atomic E-state index is 13.0. The summed E-state index contributed by atoms with van der Waals surface area (Å²) in [5, 5.41) is 6.38. The minimum absolute atomic E-state index is 0.234. The number of thiocarbonyl (C=S) groups is 1. The van der Waals surface area contributed by atoms with E-state index in [1.165, 1.54) is 6.07 Å². The fourth-order valence-electron chi connectivity index (χ4n) is 3.21. The molecule has 2 nitrogen and oxygen atoms in total. The van der Waals surface area contributed by atoms with Crippen molar-refractivity contribution < 1.29 is 13.2 Å². The van der Waals surface area contributed by atoms with Crippen molar-refractivity contribution in [3.8, 4) is 0 Å². The van der Waals surface area contributed by atoms with Gasteiger partial charge in [-0.15, -0.1) is 0 Å². The standard InChI is InChI=1S/C23H21F3N2S/c1-15-11-12-20(16(2)13-15)21(17-7-4-3-5-8-17)28-22(29)27-19-10-6-9-18(14-19)23(24,25)26/h3-14,21H,1-2H3,(H2,27,28,29)/t21-/m0/s1. The molecule has 0 radical (unpaired) electrons. The van der Waals surface area contributed by atoms with Gasteiger partial charge in [-0.2, -0.15) is 13.2 Å². The molecule has 3 aromatic carbocycles. The van der Waals surface area contributed by atoms with Gasteiger partial charge >= 0.3 is 6.18 Å². The van der Waals surface area contributed by atoms with Crippen molar-refractivity contribution in [3.05, 3.63) is 101 Å². The molecular formula is C23H21F3N2S. The molecule has 0 aliphatic carbocycles. The lowest BCUT2D eigenvalue weighted by atomic mass is 9.94. The van der Waals surface area contributed by atoms with E-state index in [1.54, 1.807) is 6.07 Å². The van der Waals surface area contributed by atoms with Gasteiger partial charge < -0.3 is 10.6 Å². The van der Waals surface area contributed by atoms with Gasteiger partial charge in [-0.25, -0.2) is 0 Å². The summed E-state index contributed by atoms with van der Waals surface area (Å²) in [5.74, 6) is 0. The SMILES string of the molecule is Cc1ccc([C@@H](NC(=S)Nc2cccc(C(F)(F)F)c2)c2ccccc2)c(C)c1. The zero-order valence-corrected chi connectivity index (χ0v) is 16.9. The Labute approximate surface area is 173 Å². The molecule has 29 heavy (non-hydrogen) atoms. The van der Waals surface area contributed by atoms with Gasteiger partial charge in [0.05, 0.1) is 11.6 Å². The summed E-state index contributed by atoms with van der Waals surface area (Å²) < 4.78 is 38.9. The van der Waals surface area contributed by atoms with Crippen LogP contribution in [0.2, 0.25) is 0 Å². The molecule has 0 unspecified atom stereocenters. The maximum Gasteiger partial charge on any atom is 0.416 e. The quantitative estimate of drug-likeness (QED) is 0.483. The molecule has 0 bridgehead atoms. The number of rotatable bonds is 4. The lowest BCUT2D eigenvalue weighted by Crippen LogP contribution is -2.33. The molecule has 0 aliphatic heterocycles. The highest BCUT2D eigenvalue weighted by atomic mass is 32.1. The number of benzene rings is 3. The summed E-state index contributed by atoms with van der Waals surface area (Å²) in [7, 11) is 0. The minimum Gasteiger partial charge on any atom is -0.352 e. The number of nitrogens with one attached hydrogen (secondary N) is 2. The number of hydrogen-bond donors (Lipinski definition) is 2. The molecular weight excluding hydrogens is 393 g/mol. The Morgan fingerprint density at radius 1 is 0.897 bits per heavy atom. The zero-order valence-electron chi connectivity index (χ0n) is 16.0. The highest BCUT2D eigenvalue weighted by Crippen LogP contribution is 2.31. The fourth-order valence-corrected chi connectivity index (χ4v) is 3.44. The monoisotopic (exact) mass is 414 g/mol. The largest absolute Gasteiger partial charge is 0.416 e. The van der Waals surface area contributed by atoms with E-state index in [4.69, 9.17) is 12.2 Å². The van der Waals surface area contributed by atoms with Crippen LogP contribution < -0.4 is 10.6 Å². The molecule has 150 valence electrons. The Kier molecular flexibility index (Phi) is 6.23. The van der Waals surface area contributed by atoms with E-state index in [2.05, 4.69) is 16.7 Å². The van der Waals surface area contributed by atoms with Crippen molar-refractivity contribution in [2.24, 2.45) is 0 Å². The third-order valence-corrected chi connectivity index (χ3v) is 4.81. The van der Waals surface area contributed by atoms with Gasteiger partial charge in [-0.05, 0) is 61.0 Å². The van der Waals surface area contributed by atoms with Crippen molar-refractivity contribution in [1.29, 1.82) is 0 Å². The second-order valence-corrected chi connectivity index (χ2v) is 7.29. The predicted molar refractivity (Wildman–Crippen MR) is 115 cm³/mol. The van der Waals surface area contributed by atoms with Gasteiger partial charge in [0.25, 0.3) is 0 Å². The predicted octanol–water partition coefficient (Wildman–Crippen LogP) is 6.40. The third kappa shape index (κ3) is 5.35. The van der Waals surface area contributed by atoms with Gasteiger partial charge in [0.1, 0.15) is 0 Å². The van der Waals surface area contributed by atoms with Crippen LogP contribution in [0.4, 0.5) is 18.9 Å². The highest BCUT2D eigenvalue weighted by molar-refractivity contribution is 7.80. The van der Waals surface area contributed by atoms with Gasteiger partial charge in [0, 0.05) is 5.69 Å². The maximum absolute atomic E-state index is 13.0. The summed E-state index contributed by atoms with van der Waals surface area (Å²) >= 11 is 5.41. The normalized spacial score (nSPS) is 12.3. The Balaban J connectivity index is 1.86. The number of alkyl halides is 3. The van der Waals surface area contributed by atoms with Crippen molar-refractivity contribution >= 4 is 23.0 Å². The molecule has 2 N–H and O–H groups in total. The van der Waals surface area contributed by atoms with Crippen molar-refractivity contribution in [1.82, 2.24) is 5.32 Å². The van der Waals surface area contributed by atoms with E-state index in [0.717, 1.165) is 34.4 Å². The lowest BCUT2D eigenvalue weighted by molar-refractivity contribution is -0.137. The molecule has 0 aromatic heterocycles. The average molecular weight is 414 g/mol. The van der Waals surface area contributed by atoms with Crippen molar-refractivity contribution in [2.75, 3.05) is 5.32 Å². The van der Waals surface area contributed by atoms with Gasteiger partial charge in [-0.1, -0.05) is 60.2 Å². The van der Waals surface area contributed by atoms with Crippen LogP contribution in [0.3, 0.4) is 0 Å². The van der Waals surface area contributed by atoms with Gasteiger partial charge in [0.15, 0.2) is 5.11 Å². The average Bonchev–Trinajstić information content (AvgIpc) is 2.67. The summed E-state index contributed by atoms with van der Waals surface area (Å²) in [6, 6.07) is 20.7. The summed E-state index contributed by atoms with van der Waals surface area (Å²) in [6.07, 6.45) is -4.40. The van der Waals surface area contributed by atoms with Crippen LogP contribution >= 0.6 is 12.2 Å². The van der Waals surface area contributed by atoms with Crippen LogP contribution in [0.15, 0.2) is 72.8 Å². The summed E-state index contributed by atoms with van der Waals surface area (Å²) in [6.45, 7) is 4.06. The lowest BCUT2D eigenvalue weighted by Gasteiger charge is -2.24. The first-order chi connectivity index (χ1) is 13.7. The molecule has 3 rings (SSSR count). The third-order valence-electron chi connectivity index (χ3n) is 4.59. The molecule has 3 aromatic rings. The molecule has 0 spiro atoms. The molecule has 0 fully saturated rings. The number of aryl methyl sites for hydroxylation is 2. The van der Waals surface area contributed by atoms with Crippen LogP contribution in [-0.2, 0) is 6.18 Å². The molecule has 0 heterocycles. The number of hydrogen-bond acceptors (Lipinski definition) is 1. The first-order valence-corrected chi connectivity index (χ1v) is 9.52. The molecule has 0 saturated carbocycles. The molecule has 0 aliphatic rings.